The van der Waals surface area contributed by atoms with Crippen LogP contribution in [0.2, 0.25) is 5.02 Å². The molecule has 1 atom stereocenters. The first-order valence-corrected chi connectivity index (χ1v) is 15.7. The molecule has 0 bridgehead atoms. The number of carbonyl (C=O) groups is 5. The first kappa shape index (κ1) is 33.2. The number of carboxylic acids is 1. The Morgan fingerprint density at radius 3 is 2.37 bits per heavy atom. The Balaban J connectivity index is 1.19. The smallest absolute Gasteiger partial charge is 0.335 e. The summed E-state index contributed by atoms with van der Waals surface area (Å²) < 4.78 is 6.78. The highest BCUT2D eigenvalue weighted by Crippen LogP contribution is 2.42. The number of amides is 4. The maximum Gasteiger partial charge on any atom is 0.335 e. The largest absolute Gasteiger partial charge is 0.478 e. The van der Waals surface area contributed by atoms with E-state index in [2.05, 4.69) is 31.5 Å². The summed E-state index contributed by atoms with van der Waals surface area (Å²) in [5, 5.41) is 28.1. The second-order valence-electron chi connectivity index (χ2n) is 11.9. The molecule has 0 radical (unpaired) electrons. The molecule has 3 heterocycles. The van der Waals surface area contributed by atoms with Gasteiger partial charge in [-0.05, 0) is 83.4 Å². The van der Waals surface area contributed by atoms with Crippen molar-refractivity contribution in [3.8, 4) is 5.69 Å². The Kier molecular flexibility index (Phi) is 9.64. The third kappa shape index (κ3) is 7.74. The molecule has 49 heavy (non-hydrogen) atoms. The number of nitrogens with one attached hydrogen (secondary N) is 3. The molecule has 2 saturated heterocycles. The fourth-order valence-corrected chi connectivity index (χ4v) is 6.11. The zero-order chi connectivity index (χ0) is 34.5. The molecule has 0 saturated carbocycles. The predicted octanol–water partition coefficient (Wildman–Crippen LogP) is 2.85. The molecule has 6 rings (SSSR count). The summed E-state index contributed by atoms with van der Waals surface area (Å²) in [7, 11) is 0. The van der Waals surface area contributed by atoms with Gasteiger partial charge in [-0.1, -0.05) is 23.7 Å². The van der Waals surface area contributed by atoms with E-state index in [4.69, 9.17) is 16.3 Å². The number of aromatic carboxylic acids is 1. The van der Waals surface area contributed by atoms with E-state index in [-0.39, 0.29) is 39.7 Å². The van der Waals surface area contributed by atoms with Crippen molar-refractivity contribution in [3.05, 3.63) is 89.2 Å². The molecular formula is C33H31ClN8O7. The molecule has 16 heteroatoms. The topological polar surface area (TPSA) is 198 Å². The summed E-state index contributed by atoms with van der Waals surface area (Å²) in [6.45, 7) is 1.88. The summed E-state index contributed by atoms with van der Waals surface area (Å²) in [6.07, 6.45) is 3.41. The Bertz CT molecular complexity index is 1880. The van der Waals surface area contributed by atoms with E-state index in [9.17, 15) is 29.1 Å². The molecular weight excluding hydrogens is 656 g/mol. The van der Waals surface area contributed by atoms with Crippen LogP contribution in [0.25, 0.3) is 5.69 Å². The average Bonchev–Trinajstić information content (AvgIpc) is 3.73. The van der Waals surface area contributed by atoms with Crippen LogP contribution in [-0.4, -0.2) is 80.7 Å². The minimum absolute atomic E-state index is 0.0133. The van der Waals surface area contributed by atoms with Gasteiger partial charge in [0.1, 0.15) is 12.4 Å². The van der Waals surface area contributed by atoms with Gasteiger partial charge in [-0.3, -0.25) is 19.2 Å². The fourth-order valence-electron chi connectivity index (χ4n) is 5.94. The van der Waals surface area contributed by atoms with Crippen molar-refractivity contribution in [2.24, 2.45) is 5.41 Å². The summed E-state index contributed by atoms with van der Waals surface area (Å²) in [4.78, 5) is 65.8. The van der Waals surface area contributed by atoms with Crippen LogP contribution in [0.4, 0.5) is 17.1 Å². The van der Waals surface area contributed by atoms with Crippen LogP contribution in [0.1, 0.15) is 35.2 Å². The van der Waals surface area contributed by atoms with Gasteiger partial charge in [0.2, 0.25) is 11.8 Å². The normalized spacial score (nSPS) is 15.9. The van der Waals surface area contributed by atoms with E-state index in [0.717, 1.165) is 18.5 Å². The average molecular weight is 687 g/mol. The van der Waals surface area contributed by atoms with Crippen molar-refractivity contribution in [1.82, 2.24) is 25.5 Å². The van der Waals surface area contributed by atoms with Gasteiger partial charge in [-0.25, -0.2) is 4.79 Å². The van der Waals surface area contributed by atoms with E-state index >= 15 is 0 Å². The molecule has 4 aromatic rings. The van der Waals surface area contributed by atoms with Gasteiger partial charge in [0.15, 0.2) is 0 Å². The van der Waals surface area contributed by atoms with Crippen molar-refractivity contribution in [2.45, 2.75) is 31.7 Å². The molecule has 0 aliphatic carbocycles. The lowest BCUT2D eigenvalue weighted by molar-refractivity contribution is -0.137. The van der Waals surface area contributed by atoms with Gasteiger partial charge in [-0.15, -0.1) is 5.10 Å². The molecule has 252 valence electrons. The lowest BCUT2D eigenvalue weighted by Gasteiger charge is -2.32. The highest BCUT2D eigenvalue weighted by Gasteiger charge is 2.44. The van der Waals surface area contributed by atoms with E-state index in [1.165, 1.54) is 41.3 Å². The minimum Gasteiger partial charge on any atom is -0.478 e. The molecule has 0 unspecified atom stereocenters. The molecule has 15 nitrogen and oxygen atoms in total. The quantitative estimate of drug-likeness (QED) is 0.190. The molecule has 2 aliphatic heterocycles. The van der Waals surface area contributed by atoms with Gasteiger partial charge >= 0.3 is 17.8 Å². The van der Waals surface area contributed by atoms with Crippen LogP contribution in [-0.2, 0) is 30.3 Å². The number of tetrazole rings is 1. The van der Waals surface area contributed by atoms with E-state index in [0.29, 0.717) is 37.4 Å². The van der Waals surface area contributed by atoms with Crippen LogP contribution >= 0.6 is 11.6 Å². The van der Waals surface area contributed by atoms with Crippen LogP contribution in [0.15, 0.2) is 73.1 Å². The number of rotatable bonds is 9. The third-order valence-electron chi connectivity index (χ3n) is 8.59. The fraction of sp³-hybridized carbons (Fsp3) is 0.273. The van der Waals surface area contributed by atoms with Crippen LogP contribution in [0, 0.1) is 5.41 Å². The Labute approximate surface area is 284 Å². The number of benzene rings is 3. The molecule has 2 aliphatic rings. The minimum atomic E-state index is -1.24. The Morgan fingerprint density at radius 1 is 0.959 bits per heavy atom. The van der Waals surface area contributed by atoms with Crippen LogP contribution < -0.4 is 20.9 Å². The van der Waals surface area contributed by atoms with Crippen molar-refractivity contribution in [1.29, 1.82) is 0 Å². The van der Waals surface area contributed by atoms with Gasteiger partial charge in [0.05, 0.1) is 16.9 Å². The summed E-state index contributed by atoms with van der Waals surface area (Å²) >= 11 is 6.14. The van der Waals surface area contributed by atoms with Crippen molar-refractivity contribution < 1.29 is 33.8 Å². The van der Waals surface area contributed by atoms with Gasteiger partial charge in [-0.2, -0.15) is 4.68 Å². The number of hydrogen-bond acceptors (Lipinski definition) is 9. The zero-order valence-electron chi connectivity index (χ0n) is 26.0. The number of carbonyl (C=O) groups excluding carboxylic acids is 4. The SMILES string of the molecule is O=C(Nc1cc(Cl)ccc1-n1cnnn1)C(=O)N[C@@H](Cc1ccc(N2CC3(CCOCC3)CC2=O)cc1)C(=O)Nc1ccc(C(=O)O)cc1. The summed E-state index contributed by atoms with van der Waals surface area (Å²) in [5.74, 6) is -3.92. The van der Waals surface area contributed by atoms with Gasteiger partial charge < -0.3 is 30.7 Å². The third-order valence-corrected chi connectivity index (χ3v) is 8.83. The second-order valence-corrected chi connectivity index (χ2v) is 12.3. The zero-order valence-corrected chi connectivity index (χ0v) is 26.7. The number of hydrogen-bond donors (Lipinski definition) is 4. The van der Waals surface area contributed by atoms with E-state index < -0.39 is 29.7 Å². The number of anilines is 3. The summed E-state index contributed by atoms with van der Waals surface area (Å²) in [6, 6.07) is 15.9. The Morgan fingerprint density at radius 2 is 1.69 bits per heavy atom. The molecule has 4 N–H and O–H groups in total. The van der Waals surface area contributed by atoms with Gasteiger partial charge in [0, 0.05) is 54.4 Å². The Hall–Kier alpha value is -5.67. The van der Waals surface area contributed by atoms with Crippen LogP contribution in [0.3, 0.4) is 0 Å². The van der Waals surface area contributed by atoms with E-state index in [1.54, 1.807) is 41.3 Å². The molecule has 1 spiro atoms. The number of nitrogens with zero attached hydrogens (tertiary/aromatic N) is 5. The lowest BCUT2D eigenvalue weighted by Crippen LogP contribution is -2.49. The molecule has 3 aromatic carbocycles. The van der Waals surface area contributed by atoms with Crippen molar-refractivity contribution in [3.63, 3.8) is 0 Å². The lowest BCUT2D eigenvalue weighted by atomic mass is 9.79. The first-order valence-electron chi connectivity index (χ1n) is 15.4. The van der Waals surface area contributed by atoms with E-state index in [1.807, 2.05) is 0 Å². The summed E-state index contributed by atoms with van der Waals surface area (Å²) in [5.41, 5.74) is 2.08. The number of ether oxygens (including phenoxy) is 1. The van der Waals surface area contributed by atoms with Crippen LogP contribution in [0.5, 0.6) is 0 Å². The monoisotopic (exact) mass is 686 g/mol. The van der Waals surface area contributed by atoms with Crippen molar-refractivity contribution >= 4 is 58.3 Å². The highest BCUT2D eigenvalue weighted by molar-refractivity contribution is 6.40. The standard InChI is InChI=1S/C33H31ClN8O7/c34-22-5-10-27(42-19-35-39-40-42)25(16-22)37-30(45)31(46)38-26(29(44)36-23-6-3-21(4-7-23)32(47)48)15-20-1-8-24(9-2-20)41-18-33(17-28(41)43)11-13-49-14-12-33/h1-10,16,19,26H,11-15,17-18H2,(H,36,44)(H,37,45)(H,38,46)(H,47,48)/t26-/m0/s1. The first-order chi connectivity index (χ1) is 23.6. The second kappa shape index (κ2) is 14.2. The number of carboxylic acid groups (broad SMARTS) is 1. The van der Waals surface area contributed by atoms with Gasteiger partial charge in [0.25, 0.3) is 0 Å². The molecule has 2 fully saturated rings. The number of aromatic nitrogens is 4. The number of halogens is 1. The maximum absolute atomic E-state index is 13.5. The highest BCUT2D eigenvalue weighted by atomic mass is 35.5. The molecule has 4 amide bonds. The maximum atomic E-state index is 13.5. The molecule has 1 aromatic heterocycles. The predicted molar refractivity (Wildman–Crippen MR) is 176 cm³/mol. The van der Waals surface area contributed by atoms with Crippen molar-refractivity contribution in [2.75, 3.05) is 35.3 Å².